The fraction of sp³-hybridized carbons (Fsp3) is 0.419. The molecule has 1 unspecified atom stereocenters. The number of carbonyl (C=O) groups is 1. The topological polar surface area (TPSA) is 50.2 Å². The number of carbonyl (C=O) groups excluding carboxylic acids is 1. The molecule has 1 heterocycles. The number of aliphatic hydroxyl groups excluding tert-OH is 1. The molecule has 0 bridgehead atoms. The maximum Gasteiger partial charge on any atom is 0.192 e. The van der Waals surface area contributed by atoms with Crippen LogP contribution in [-0.4, -0.2) is 30.1 Å². The predicted octanol–water partition coefficient (Wildman–Crippen LogP) is 8.53. The maximum absolute atomic E-state index is 12.4. The number of rotatable bonds is 8. The van der Waals surface area contributed by atoms with E-state index >= 15 is 0 Å². The molecule has 0 aliphatic carbocycles. The Hall–Kier alpha value is -2.14. The van der Waals surface area contributed by atoms with Crippen LogP contribution in [0.1, 0.15) is 50.3 Å². The number of aliphatic hydroxyl groups is 1. The Kier molecular flexibility index (Phi) is 13.1. The zero-order valence-corrected chi connectivity index (χ0v) is 26.8. The van der Waals surface area contributed by atoms with Crippen molar-refractivity contribution in [3.05, 3.63) is 77.2 Å². The molecule has 0 aliphatic heterocycles. The van der Waals surface area contributed by atoms with Gasteiger partial charge in [-0.15, -0.1) is 34.9 Å². The van der Waals surface area contributed by atoms with Gasteiger partial charge in [0.05, 0.1) is 5.76 Å². The van der Waals surface area contributed by atoms with Crippen LogP contribution >= 0.6 is 0 Å². The summed E-state index contributed by atoms with van der Waals surface area (Å²) in [6.45, 7) is 16.5. The van der Waals surface area contributed by atoms with Gasteiger partial charge in [-0.2, -0.15) is 0 Å². The molecule has 1 radical (unpaired) electrons. The van der Waals surface area contributed by atoms with E-state index in [0.29, 0.717) is 0 Å². The Morgan fingerprint density at radius 2 is 1.76 bits per heavy atom. The van der Waals surface area contributed by atoms with Gasteiger partial charge in [0.2, 0.25) is 0 Å². The first-order valence-corrected chi connectivity index (χ1v) is 16.5. The molecule has 0 aliphatic rings. The number of pyridine rings is 1. The van der Waals surface area contributed by atoms with Gasteiger partial charge in [0, 0.05) is 46.4 Å². The summed E-state index contributed by atoms with van der Waals surface area (Å²) >= 11 is 0. The van der Waals surface area contributed by atoms with Gasteiger partial charge in [0.1, 0.15) is 0 Å². The van der Waals surface area contributed by atoms with Crippen LogP contribution in [0.25, 0.3) is 22.0 Å². The third-order valence-electron chi connectivity index (χ3n) is 6.05. The van der Waals surface area contributed by atoms with Gasteiger partial charge in [0.15, 0.2) is 12.0 Å². The van der Waals surface area contributed by atoms with Crippen LogP contribution in [0.15, 0.2) is 54.4 Å². The van der Waals surface area contributed by atoms with Gasteiger partial charge < -0.3 is 10.1 Å². The van der Waals surface area contributed by atoms with Gasteiger partial charge in [-0.05, 0) is 48.3 Å². The normalized spacial score (nSPS) is 12.5. The molecule has 3 aromatic rings. The molecule has 0 saturated heterocycles. The largest absolute Gasteiger partial charge is 0.512 e. The van der Waals surface area contributed by atoms with Crippen LogP contribution in [0.3, 0.4) is 0 Å². The third-order valence-corrected chi connectivity index (χ3v) is 7.52. The number of allylic oxidation sites excluding steroid dienone is 2. The third kappa shape index (κ3) is 10.3. The summed E-state index contributed by atoms with van der Waals surface area (Å²) in [6, 6.07) is 18.0. The quantitative estimate of drug-likeness (QED) is 0.111. The van der Waals surface area contributed by atoms with Crippen LogP contribution < -0.4 is 0 Å². The van der Waals surface area contributed by atoms with E-state index in [1.807, 2.05) is 20.0 Å². The fourth-order valence-electron chi connectivity index (χ4n) is 4.27. The van der Waals surface area contributed by atoms with Crippen LogP contribution in [-0.2, 0) is 30.9 Å². The number of aromatic nitrogens is 1. The number of hydrogen-bond donors (Lipinski definition) is 1. The monoisotopic (exact) mass is 699 g/mol. The number of ketones is 1. The zero-order chi connectivity index (χ0) is 27.0. The van der Waals surface area contributed by atoms with E-state index in [9.17, 15) is 14.3 Å². The standard InChI is InChI=1S/C21H24NSi.C10H17FO2.Ir/c1-15-10-16(2)12-19(11-15)21-20-7-6-17(14-23(3,4)5)13-18(20)8-9-22-21;1-4-8(5-2)10(13)6-9(12)7(3)11;/h6-11,13H,14H2,1-5H3;6-8,13H,4-5H2,1-3H3;/q-1;;/b;10-6-;. The number of benzene rings is 2. The van der Waals surface area contributed by atoms with Gasteiger partial charge in [0.25, 0.3) is 0 Å². The molecule has 0 spiro atoms. The van der Waals surface area contributed by atoms with Crippen LogP contribution in [0.2, 0.25) is 19.6 Å². The molecule has 1 atom stereocenters. The van der Waals surface area contributed by atoms with Crippen molar-refractivity contribution >= 4 is 24.6 Å². The summed E-state index contributed by atoms with van der Waals surface area (Å²) in [4.78, 5) is 15.5. The van der Waals surface area contributed by atoms with Crippen molar-refractivity contribution in [2.24, 2.45) is 5.92 Å². The molecule has 1 N–H and O–H groups in total. The number of aryl methyl sites for hydroxylation is 2. The van der Waals surface area contributed by atoms with Crippen LogP contribution in [0.4, 0.5) is 4.39 Å². The molecule has 0 fully saturated rings. The predicted molar refractivity (Wildman–Crippen MR) is 153 cm³/mol. The maximum atomic E-state index is 12.4. The number of hydrogen-bond acceptors (Lipinski definition) is 3. The van der Waals surface area contributed by atoms with Crippen LogP contribution in [0.5, 0.6) is 0 Å². The summed E-state index contributed by atoms with van der Waals surface area (Å²) in [6.07, 6.45) is 2.90. The first-order chi connectivity index (χ1) is 16.8. The zero-order valence-electron chi connectivity index (χ0n) is 23.4. The Labute approximate surface area is 237 Å². The Bertz CT molecular complexity index is 1190. The van der Waals surface area contributed by atoms with Crippen molar-refractivity contribution in [1.29, 1.82) is 0 Å². The van der Waals surface area contributed by atoms with E-state index in [-0.39, 0.29) is 31.8 Å². The molecule has 3 rings (SSSR count). The second-order valence-electron chi connectivity index (χ2n) is 10.8. The molecule has 3 nitrogen and oxygen atoms in total. The summed E-state index contributed by atoms with van der Waals surface area (Å²) in [5.41, 5.74) is 5.98. The van der Waals surface area contributed by atoms with E-state index < -0.39 is 20.0 Å². The first-order valence-electron chi connectivity index (χ1n) is 12.8. The molecule has 6 heteroatoms. The molecule has 0 saturated carbocycles. The Morgan fingerprint density at radius 3 is 2.30 bits per heavy atom. The number of alkyl halides is 1. The molecule has 37 heavy (non-hydrogen) atoms. The Morgan fingerprint density at radius 1 is 1.11 bits per heavy atom. The van der Waals surface area contributed by atoms with Crippen molar-refractivity contribution in [2.75, 3.05) is 0 Å². The minimum absolute atomic E-state index is 0. The molecule has 203 valence electrons. The van der Waals surface area contributed by atoms with Crippen LogP contribution in [0, 0.1) is 25.8 Å². The average molecular weight is 699 g/mol. The SMILES string of the molecule is CCC(CC)/C(O)=C/C(=O)C(C)F.Cc1[c-]c(-c2nccc3cc(C[Si](C)(C)C)ccc23)cc(C)c1.[Ir]. The fourth-order valence-corrected chi connectivity index (χ4v) is 5.72. The number of fused-ring (bicyclic) bond motifs is 1. The van der Waals surface area contributed by atoms with E-state index in [0.717, 1.165) is 35.7 Å². The summed E-state index contributed by atoms with van der Waals surface area (Å²) in [5.74, 6) is -0.688. The van der Waals surface area contributed by atoms with Gasteiger partial charge in [-0.1, -0.05) is 71.1 Å². The van der Waals surface area contributed by atoms with Gasteiger partial charge in [-0.25, -0.2) is 4.39 Å². The molecular formula is C31H41FIrNO2Si-. The van der Waals surface area contributed by atoms with Crippen molar-refractivity contribution in [1.82, 2.24) is 4.98 Å². The summed E-state index contributed by atoms with van der Waals surface area (Å²) in [7, 11) is -1.10. The first kappa shape index (κ1) is 32.9. The summed E-state index contributed by atoms with van der Waals surface area (Å²) < 4.78 is 12.4. The van der Waals surface area contributed by atoms with E-state index in [1.165, 1.54) is 34.9 Å². The minimum Gasteiger partial charge on any atom is -0.512 e. The van der Waals surface area contributed by atoms with Crippen molar-refractivity contribution < 1.29 is 34.4 Å². The Balaban J connectivity index is 0.000000423. The molecule has 0 amide bonds. The van der Waals surface area contributed by atoms with Crippen molar-refractivity contribution in [3.63, 3.8) is 0 Å². The minimum atomic E-state index is -1.53. The molecule has 1 aromatic heterocycles. The van der Waals surface area contributed by atoms with Crippen molar-refractivity contribution in [2.45, 2.75) is 79.3 Å². The second-order valence-corrected chi connectivity index (χ2v) is 16.3. The number of nitrogens with zero attached hydrogens (tertiary/aromatic N) is 1. The molecular weight excluding hydrogens is 658 g/mol. The van der Waals surface area contributed by atoms with Crippen molar-refractivity contribution in [3.8, 4) is 11.3 Å². The van der Waals surface area contributed by atoms with E-state index in [1.54, 1.807) is 0 Å². The molecule has 2 aromatic carbocycles. The smallest absolute Gasteiger partial charge is 0.192 e. The summed E-state index contributed by atoms with van der Waals surface area (Å²) in [5, 5.41) is 11.9. The number of halogens is 1. The second kappa shape index (κ2) is 14.7. The van der Waals surface area contributed by atoms with E-state index in [4.69, 9.17) is 0 Å². The van der Waals surface area contributed by atoms with Gasteiger partial charge in [-0.3, -0.25) is 4.79 Å². The van der Waals surface area contributed by atoms with Gasteiger partial charge >= 0.3 is 0 Å². The van der Waals surface area contributed by atoms with E-state index in [2.05, 4.69) is 80.9 Å². The average Bonchev–Trinajstić information content (AvgIpc) is 2.78.